The van der Waals surface area contributed by atoms with E-state index >= 15 is 0 Å². The van der Waals surface area contributed by atoms with Crippen LogP contribution in [0.5, 0.6) is 0 Å². The lowest BCUT2D eigenvalue weighted by Crippen LogP contribution is -2.36. The van der Waals surface area contributed by atoms with Crippen LogP contribution in [-0.2, 0) is 0 Å². The molecule has 0 atom stereocenters. The van der Waals surface area contributed by atoms with E-state index in [9.17, 15) is 13.2 Å². The molecule has 1 saturated carbocycles. The highest BCUT2D eigenvalue weighted by Gasteiger charge is 2.39. The van der Waals surface area contributed by atoms with Crippen molar-refractivity contribution >= 4 is 37.7 Å². The predicted molar refractivity (Wildman–Crippen MR) is 66.1 cm³/mol. The first kappa shape index (κ1) is 13.1. The van der Waals surface area contributed by atoms with Crippen molar-refractivity contribution < 1.29 is 13.2 Å². The van der Waals surface area contributed by atoms with Gasteiger partial charge in [0.05, 0.1) is 4.47 Å². The number of halogens is 5. The SMILES string of the molecule is FC(F)(F)CN(c1ncc(Br)cc1Br)C1CC1. The molecule has 17 heavy (non-hydrogen) atoms. The van der Waals surface area contributed by atoms with E-state index in [-0.39, 0.29) is 6.04 Å². The molecular weight excluding hydrogens is 365 g/mol. The van der Waals surface area contributed by atoms with Gasteiger partial charge in [-0.25, -0.2) is 4.98 Å². The molecule has 7 heteroatoms. The maximum absolute atomic E-state index is 12.5. The molecule has 1 aliphatic carbocycles. The molecule has 0 saturated heterocycles. The minimum Gasteiger partial charge on any atom is -0.344 e. The second-order valence-corrected chi connectivity index (χ2v) is 5.70. The Kier molecular flexibility index (Phi) is 3.68. The molecule has 2 rings (SSSR count). The van der Waals surface area contributed by atoms with Crippen LogP contribution >= 0.6 is 31.9 Å². The number of hydrogen-bond donors (Lipinski definition) is 0. The summed E-state index contributed by atoms with van der Waals surface area (Å²) in [6, 6.07) is 1.66. The van der Waals surface area contributed by atoms with Crippen LogP contribution in [-0.4, -0.2) is 23.7 Å². The highest BCUT2D eigenvalue weighted by molar-refractivity contribution is 9.11. The fourth-order valence-corrected chi connectivity index (χ4v) is 2.79. The lowest BCUT2D eigenvalue weighted by atomic mass is 10.4. The summed E-state index contributed by atoms with van der Waals surface area (Å²) in [7, 11) is 0. The summed E-state index contributed by atoms with van der Waals surface area (Å²) in [6.45, 7) is -0.953. The van der Waals surface area contributed by atoms with Crippen molar-refractivity contribution in [2.75, 3.05) is 11.4 Å². The minimum atomic E-state index is -4.21. The molecule has 0 unspecified atom stereocenters. The van der Waals surface area contributed by atoms with Gasteiger partial charge in [-0.15, -0.1) is 0 Å². The summed E-state index contributed by atoms with van der Waals surface area (Å²) in [4.78, 5) is 5.37. The van der Waals surface area contributed by atoms with E-state index in [1.807, 2.05) is 0 Å². The number of pyridine rings is 1. The van der Waals surface area contributed by atoms with Crippen molar-refractivity contribution in [3.63, 3.8) is 0 Å². The number of rotatable bonds is 3. The average molecular weight is 374 g/mol. The van der Waals surface area contributed by atoms with Crippen molar-refractivity contribution in [1.29, 1.82) is 0 Å². The molecular formula is C10H9Br2F3N2. The molecule has 0 radical (unpaired) electrons. The van der Waals surface area contributed by atoms with Crippen molar-refractivity contribution in [2.45, 2.75) is 25.1 Å². The summed E-state index contributed by atoms with van der Waals surface area (Å²) in [5.74, 6) is 0.355. The molecule has 94 valence electrons. The van der Waals surface area contributed by atoms with Crippen LogP contribution in [0.4, 0.5) is 19.0 Å². The Morgan fingerprint density at radius 1 is 1.35 bits per heavy atom. The van der Waals surface area contributed by atoms with E-state index in [1.165, 1.54) is 11.1 Å². The van der Waals surface area contributed by atoms with Gasteiger partial charge in [0.1, 0.15) is 12.4 Å². The van der Waals surface area contributed by atoms with Gasteiger partial charge in [-0.3, -0.25) is 0 Å². The second-order valence-electron chi connectivity index (χ2n) is 3.93. The summed E-state index contributed by atoms with van der Waals surface area (Å²) in [5.41, 5.74) is 0. The molecule has 1 heterocycles. The fourth-order valence-electron chi connectivity index (χ4n) is 1.57. The van der Waals surface area contributed by atoms with E-state index in [2.05, 4.69) is 36.8 Å². The van der Waals surface area contributed by atoms with Crippen LogP contribution in [0.1, 0.15) is 12.8 Å². The third-order valence-electron chi connectivity index (χ3n) is 2.40. The molecule has 0 N–H and O–H groups in total. The van der Waals surface area contributed by atoms with Crippen molar-refractivity contribution in [3.8, 4) is 0 Å². The first-order chi connectivity index (χ1) is 7.87. The van der Waals surface area contributed by atoms with Gasteiger partial charge >= 0.3 is 6.18 Å². The first-order valence-corrected chi connectivity index (χ1v) is 6.60. The van der Waals surface area contributed by atoms with Crippen LogP contribution < -0.4 is 4.90 Å². The maximum atomic E-state index is 12.5. The molecule has 1 aromatic heterocycles. The normalized spacial score (nSPS) is 16.1. The lowest BCUT2D eigenvalue weighted by molar-refractivity contribution is -0.120. The van der Waals surface area contributed by atoms with Gasteiger partial charge in [0.15, 0.2) is 0 Å². The Morgan fingerprint density at radius 3 is 2.47 bits per heavy atom. The Balaban J connectivity index is 2.26. The third kappa shape index (κ3) is 3.58. The molecule has 0 amide bonds. The van der Waals surface area contributed by atoms with E-state index in [0.29, 0.717) is 10.3 Å². The summed E-state index contributed by atoms with van der Waals surface area (Å²) in [5, 5.41) is 0. The molecule has 1 aliphatic rings. The van der Waals surface area contributed by atoms with Crippen LogP contribution in [0.25, 0.3) is 0 Å². The van der Waals surface area contributed by atoms with Crippen LogP contribution in [0.15, 0.2) is 21.2 Å². The summed E-state index contributed by atoms with van der Waals surface area (Å²) < 4.78 is 38.8. The van der Waals surface area contributed by atoms with E-state index < -0.39 is 12.7 Å². The van der Waals surface area contributed by atoms with Gasteiger partial charge in [-0.2, -0.15) is 13.2 Å². The molecule has 0 aromatic carbocycles. The molecule has 0 spiro atoms. The Morgan fingerprint density at radius 2 is 2.00 bits per heavy atom. The van der Waals surface area contributed by atoms with Crippen molar-refractivity contribution in [1.82, 2.24) is 4.98 Å². The van der Waals surface area contributed by atoms with Gasteiger partial charge in [-0.1, -0.05) is 0 Å². The predicted octanol–water partition coefficient (Wildman–Crippen LogP) is 4.14. The number of aromatic nitrogens is 1. The van der Waals surface area contributed by atoms with Gasteiger partial charge in [0.25, 0.3) is 0 Å². The van der Waals surface area contributed by atoms with Gasteiger partial charge in [-0.05, 0) is 50.8 Å². The van der Waals surface area contributed by atoms with Crippen LogP contribution in [0.2, 0.25) is 0 Å². The Hall–Kier alpha value is -0.300. The fraction of sp³-hybridized carbons (Fsp3) is 0.500. The smallest absolute Gasteiger partial charge is 0.344 e. The van der Waals surface area contributed by atoms with Gasteiger partial charge < -0.3 is 4.90 Å². The zero-order valence-electron chi connectivity index (χ0n) is 8.64. The zero-order valence-corrected chi connectivity index (χ0v) is 11.8. The maximum Gasteiger partial charge on any atom is 0.405 e. The number of alkyl halides is 3. The minimum absolute atomic E-state index is 0.0402. The van der Waals surface area contributed by atoms with E-state index in [1.54, 1.807) is 6.07 Å². The molecule has 1 fully saturated rings. The summed E-state index contributed by atoms with van der Waals surface area (Å²) >= 11 is 6.48. The highest BCUT2D eigenvalue weighted by Crippen LogP contribution is 2.37. The molecule has 0 aliphatic heterocycles. The Labute approximate surface area is 113 Å². The van der Waals surface area contributed by atoms with Gasteiger partial charge in [0, 0.05) is 16.7 Å². The number of nitrogens with zero attached hydrogens (tertiary/aromatic N) is 2. The Bertz CT molecular complexity index is 419. The zero-order chi connectivity index (χ0) is 12.6. The lowest BCUT2D eigenvalue weighted by Gasteiger charge is -2.25. The third-order valence-corrected chi connectivity index (χ3v) is 3.41. The van der Waals surface area contributed by atoms with Crippen LogP contribution in [0.3, 0.4) is 0 Å². The summed E-state index contributed by atoms with van der Waals surface area (Å²) in [6.07, 6.45) is -1.12. The van der Waals surface area contributed by atoms with Crippen molar-refractivity contribution in [3.05, 3.63) is 21.2 Å². The molecule has 0 bridgehead atoms. The van der Waals surface area contributed by atoms with Gasteiger partial charge in [0.2, 0.25) is 0 Å². The highest BCUT2D eigenvalue weighted by atomic mass is 79.9. The van der Waals surface area contributed by atoms with Crippen LogP contribution in [0, 0.1) is 0 Å². The van der Waals surface area contributed by atoms with Crippen molar-refractivity contribution in [2.24, 2.45) is 0 Å². The average Bonchev–Trinajstić information content (AvgIpc) is 2.96. The first-order valence-electron chi connectivity index (χ1n) is 5.01. The number of anilines is 1. The van der Waals surface area contributed by atoms with E-state index in [0.717, 1.165) is 17.3 Å². The second kappa shape index (κ2) is 4.76. The largest absolute Gasteiger partial charge is 0.405 e. The number of hydrogen-bond acceptors (Lipinski definition) is 2. The monoisotopic (exact) mass is 372 g/mol. The topological polar surface area (TPSA) is 16.1 Å². The molecule has 1 aromatic rings. The quantitative estimate of drug-likeness (QED) is 0.791. The standard InChI is InChI=1S/C10H9Br2F3N2/c11-6-3-8(12)9(16-4-6)17(7-1-2-7)5-10(13,14)15/h3-4,7H,1-2,5H2. The molecule has 2 nitrogen and oxygen atoms in total. The van der Waals surface area contributed by atoms with E-state index in [4.69, 9.17) is 0 Å².